The average molecular weight is 466 g/mol. The van der Waals surface area contributed by atoms with Gasteiger partial charge in [-0.25, -0.2) is 4.79 Å². The summed E-state index contributed by atoms with van der Waals surface area (Å²) in [5.41, 5.74) is 0.750. The molecule has 168 valence electrons. The van der Waals surface area contributed by atoms with Gasteiger partial charge in [-0.2, -0.15) is 5.10 Å². The Hall–Kier alpha value is -4.04. The van der Waals surface area contributed by atoms with Gasteiger partial charge in [0.1, 0.15) is 6.61 Å². The Bertz CT molecular complexity index is 1420. The molecule has 1 heterocycles. The van der Waals surface area contributed by atoms with Crippen molar-refractivity contribution >= 4 is 28.7 Å². The van der Waals surface area contributed by atoms with E-state index in [-0.39, 0.29) is 6.61 Å². The number of rotatable bonds is 7. The Morgan fingerprint density at radius 1 is 1.00 bits per heavy atom. The van der Waals surface area contributed by atoms with Crippen LogP contribution >= 0.6 is 11.6 Å². The molecule has 0 amide bonds. The molecule has 4 aromatic rings. The fraction of sp³-hybridized carbons (Fsp3) is 0.125. The lowest BCUT2D eigenvalue weighted by atomic mass is 10.2. The Kier molecular flexibility index (Phi) is 6.46. The maximum atomic E-state index is 12.7. The summed E-state index contributed by atoms with van der Waals surface area (Å²) in [6.45, 7) is 0.277. The molecule has 0 saturated heterocycles. The molecule has 33 heavy (non-hydrogen) atoms. The monoisotopic (exact) mass is 465 g/mol. The predicted octanol–water partition coefficient (Wildman–Crippen LogP) is 3.82. The van der Waals surface area contributed by atoms with Crippen molar-refractivity contribution in [3.05, 3.63) is 97.7 Å². The van der Waals surface area contributed by atoms with Gasteiger partial charge in [0.15, 0.2) is 11.5 Å². The summed E-state index contributed by atoms with van der Waals surface area (Å²) >= 11 is 5.93. The molecule has 3 aromatic carbocycles. The molecule has 8 nitrogen and oxygen atoms in total. The highest BCUT2D eigenvalue weighted by Crippen LogP contribution is 2.38. The third-order valence-electron chi connectivity index (χ3n) is 4.89. The minimum atomic E-state index is -0.642. The second-order valence-electron chi connectivity index (χ2n) is 7.01. The highest BCUT2D eigenvalue weighted by atomic mass is 35.5. The van der Waals surface area contributed by atoms with E-state index in [2.05, 4.69) is 10.1 Å². The molecule has 0 saturated carbocycles. The van der Waals surface area contributed by atoms with Crippen LogP contribution in [0.2, 0.25) is 5.02 Å². The molecular formula is C24H20ClN3O5. The van der Waals surface area contributed by atoms with Crippen molar-refractivity contribution in [2.45, 2.75) is 6.61 Å². The standard InChI is InChI=1S/C24H20ClN3O5/c1-31-20-11-16(12-21(32-2)22(20)33-14-15-7-9-17(25)10-8-15)13-26-28-23(29)18-5-3-4-6-19(18)27-24(28)30/h3-13H,14H2,1-2H3,(H,27,30). The first-order chi connectivity index (χ1) is 16.0. The number of benzene rings is 3. The summed E-state index contributed by atoms with van der Waals surface area (Å²) in [6.07, 6.45) is 1.37. The van der Waals surface area contributed by atoms with Crippen molar-refractivity contribution in [1.29, 1.82) is 0 Å². The topological polar surface area (TPSA) is 94.9 Å². The Morgan fingerprint density at radius 2 is 1.67 bits per heavy atom. The van der Waals surface area contributed by atoms with Crippen LogP contribution < -0.4 is 25.5 Å². The molecular weight excluding hydrogens is 446 g/mol. The minimum absolute atomic E-state index is 0.277. The van der Waals surface area contributed by atoms with Crippen molar-refractivity contribution in [2.75, 3.05) is 14.2 Å². The van der Waals surface area contributed by atoms with E-state index in [0.29, 0.717) is 38.7 Å². The quantitative estimate of drug-likeness (QED) is 0.419. The van der Waals surface area contributed by atoms with Crippen molar-refractivity contribution < 1.29 is 14.2 Å². The number of hydrogen-bond donors (Lipinski definition) is 1. The van der Waals surface area contributed by atoms with E-state index in [4.69, 9.17) is 25.8 Å². The van der Waals surface area contributed by atoms with Gasteiger partial charge in [0.2, 0.25) is 5.75 Å². The van der Waals surface area contributed by atoms with Crippen LogP contribution in [0.3, 0.4) is 0 Å². The lowest BCUT2D eigenvalue weighted by Crippen LogP contribution is -2.32. The number of aromatic amines is 1. The third kappa shape index (κ3) is 4.75. The van der Waals surface area contributed by atoms with Crippen LogP contribution in [0.25, 0.3) is 10.9 Å². The summed E-state index contributed by atoms with van der Waals surface area (Å²) in [5.74, 6) is 1.22. The number of aromatic nitrogens is 2. The highest BCUT2D eigenvalue weighted by molar-refractivity contribution is 6.30. The van der Waals surface area contributed by atoms with Gasteiger partial charge in [-0.05, 0) is 42.0 Å². The van der Waals surface area contributed by atoms with Gasteiger partial charge in [-0.1, -0.05) is 35.9 Å². The molecule has 0 fully saturated rings. The second-order valence-corrected chi connectivity index (χ2v) is 7.44. The smallest absolute Gasteiger partial charge is 0.349 e. The molecule has 0 aliphatic carbocycles. The third-order valence-corrected chi connectivity index (χ3v) is 5.14. The molecule has 0 aliphatic heterocycles. The van der Waals surface area contributed by atoms with Gasteiger partial charge in [-0.15, -0.1) is 4.68 Å². The van der Waals surface area contributed by atoms with Gasteiger partial charge in [0.25, 0.3) is 5.56 Å². The number of hydrogen-bond acceptors (Lipinski definition) is 6. The van der Waals surface area contributed by atoms with Crippen LogP contribution in [-0.2, 0) is 6.61 Å². The highest BCUT2D eigenvalue weighted by Gasteiger charge is 2.14. The summed E-state index contributed by atoms with van der Waals surface area (Å²) in [6, 6.07) is 17.4. The van der Waals surface area contributed by atoms with E-state index >= 15 is 0 Å². The number of fused-ring (bicyclic) bond motifs is 1. The number of halogens is 1. The Balaban J connectivity index is 1.66. The molecule has 1 aromatic heterocycles. The van der Waals surface area contributed by atoms with E-state index in [1.807, 2.05) is 12.1 Å². The van der Waals surface area contributed by atoms with Gasteiger partial charge in [0.05, 0.1) is 31.3 Å². The van der Waals surface area contributed by atoms with E-state index in [1.165, 1.54) is 20.4 Å². The molecule has 0 spiro atoms. The zero-order valence-corrected chi connectivity index (χ0v) is 18.6. The molecule has 0 bridgehead atoms. The van der Waals surface area contributed by atoms with Gasteiger partial charge >= 0.3 is 5.69 Å². The van der Waals surface area contributed by atoms with Crippen LogP contribution in [0.15, 0.2) is 75.4 Å². The number of para-hydroxylation sites is 1. The Labute approximate surface area is 193 Å². The zero-order chi connectivity index (χ0) is 23.4. The molecule has 4 rings (SSSR count). The van der Waals surface area contributed by atoms with Gasteiger partial charge in [-0.3, -0.25) is 4.79 Å². The number of methoxy groups -OCH3 is 2. The SMILES string of the molecule is COc1cc(C=Nn2c(=O)[nH]c3ccccc3c2=O)cc(OC)c1OCc1ccc(Cl)cc1. The van der Waals surface area contributed by atoms with Crippen molar-refractivity contribution in [3.63, 3.8) is 0 Å². The minimum Gasteiger partial charge on any atom is -0.493 e. The fourth-order valence-electron chi connectivity index (χ4n) is 3.24. The lowest BCUT2D eigenvalue weighted by Gasteiger charge is -2.15. The maximum Gasteiger partial charge on any atom is 0.349 e. The summed E-state index contributed by atoms with van der Waals surface area (Å²) < 4.78 is 17.6. The number of H-pyrrole nitrogens is 1. The predicted molar refractivity (Wildman–Crippen MR) is 127 cm³/mol. The first-order valence-corrected chi connectivity index (χ1v) is 10.3. The van der Waals surface area contributed by atoms with E-state index in [9.17, 15) is 9.59 Å². The molecule has 9 heteroatoms. The molecule has 1 N–H and O–H groups in total. The molecule has 0 radical (unpaired) electrons. The number of ether oxygens (including phenoxy) is 3. The van der Waals surface area contributed by atoms with Crippen molar-refractivity contribution in [3.8, 4) is 17.2 Å². The van der Waals surface area contributed by atoms with E-state index in [1.54, 1.807) is 48.5 Å². The normalized spacial score (nSPS) is 11.1. The largest absolute Gasteiger partial charge is 0.493 e. The van der Waals surface area contributed by atoms with Crippen LogP contribution in [0, 0.1) is 0 Å². The van der Waals surface area contributed by atoms with Crippen molar-refractivity contribution in [2.24, 2.45) is 5.10 Å². The summed E-state index contributed by atoms with van der Waals surface area (Å²) in [4.78, 5) is 27.6. The first kappa shape index (κ1) is 22.2. The van der Waals surface area contributed by atoms with Crippen LogP contribution in [0.1, 0.15) is 11.1 Å². The maximum absolute atomic E-state index is 12.7. The zero-order valence-electron chi connectivity index (χ0n) is 17.9. The van der Waals surface area contributed by atoms with Crippen LogP contribution in [-0.4, -0.2) is 30.1 Å². The van der Waals surface area contributed by atoms with Crippen LogP contribution in [0.4, 0.5) is 0 Å². The molecule has 0 unspecified atom stereocenters. The number of nitrogens with zero attached hydrogens (tertiary/aromatic N) is 2. The van der Waals surface area contributed by atoms with Crippen LogP contribution in [0.5, 0.6) is 17.2 Å². The Morgan fingerprint density at radius 3 is 2.33 bits per heavy atom. The first-order valence-electron chi connectivity index (χ1n) is 9.92. The van der Waals surface area contributed by atoms with Gasteiger partial charge < -0.3 is 19.2 Å². The molecule has 0 atom stereocenters. The lowest BCUT2D eigenvalue weighted by molar-refractivity contribution is 0.266. The molecule has 0 aliphatic rings. The van der Waals surface area contributed by atoms with Crippen molar-refractivity contribution in [1.82, 2.24) is 9.66 Å². The number of nitrogens with one attached hydrogen (secondary N) is 1. The van der Waals surface area contributed by atoms with Gasteiger partial charge in [0, 0.05) is 10.6 Å². The second kappa shape index (κ2) is 9.62. The van der Waals surface area contributed by atoms with E-state index in [0.717, 1.165) is 10.2 Å². The van der Waals surface area contributed by atoms with E-state index < -0.39 is 11.2 Å². The average Bonchev–Trinajstić information content (AvgIpc) is 2.83. The fourth-order valence-corrected chi connectivity index (χ4v) is 3.36. The summed E-state index contributed by atoms with van der Waals surface area (Å²) in [5, 5.41) is 5.08. The summed E-state index contributed by atoms with van der Waals surface area (Å²) in [7, 11) is 3.01.